The van der Waals surface area contributed by atoms with E-state index in [9.17, 15) is 13.2 Å². The van der Waals surface area contributed by atoms with E-state index >= 15 is 0 Å². The second-order valence-electron chi connectivity index (χ2n) is 7.77. The van der Waals surface area contributed by atoms with Gasteiger partial charge >= 0.3 is 6.18 Å². The smallest absolute Gasteiger partial charge is 0.453 e. The van der Waals surface area contributed by atoms with Gasteiger partial charge < -0.3 is 10.5 Å². The number of alkyl halides is 3. The number of benzene rings is 2. The number of hydrogen-bond donors (Lipinski definition) is 1. The Bertz CT molecular complexity index is 1040. The Morgan fingerprint density at radius 1 is 1.16 bits per heavy atom. The lowest BCUT2D eigenvalue weighted by molar-refractivity contribution is -0.146. The van der Waals surface area contributed by atoms with E-state index < -0.39 is 12.0 Å². The van der Waals surface area contributed by atoms with Crippen LogP contribution < -0.4 is 10.5 Å². The molecule has 0 saturated carbocycles. The quantitative estimate of drug-likeness (QED) is 0.621. The van der Waals surface area contributed by atoms with Crippen LogP contribution in [0.15, 0.2) is 48.5 Å². The van der Waals surface area contributed by atoms with Gasteiger partial charge in [0, 0.05) is 18.2 Å². The normalized spacial score (nSPS) is 19.8. The number of likely N-dealkylation sites (tertiary alicyclic amines) is 1. The highest BCUT2D eigenvalue weighted by atomic mass is 19.4. The molecule has 1 fully saturated rings. The molecule has 1 aliphatic heterocycles. The highest BCUT2D eigenvalue weighted by Gasteiger charge is 2.38. The Labute approximate surface area is 184 Å². The molecular weight excluding hydrogens is 421 g/mol. The van der Waals surface area contributed by atoms with Crippen molar-refractivity contribution in [2.75, 3.05) is 13.2 Å². The summed E-state index contributed by atoms with van der Waals surface area (Å²) < 4.78 is 46.4. The number of halogens is 3. The number of nitrogens with zero attached hydrogens (tertiary/aromatic N) is 5. The van der Waals surface area contributed by atoms with Crippen LogP contribution in [0.4, 0.5) is 13.2 Å². The number of aromatic nitrogens is 4. The number of hydrogen-bond acceptors (Lipinski definition) is 6. The highest BCUT2D eigenvalue weighted by molar-refractivity contribution is 5.44. The van der Waals surface area contributed by atoms with Gasteiger partial charge in [0.05, 0.1) is 18.3 Å². The summed E-state index contributed by atoms with van der Waals surface area (Å²) in [6.07, 6.45) is -2.81. The number of piperidine rings is 1. The number of tetrazole rings is 1. The number of ether oxygens (including phenoxy) is 1. The molecule has 0 spiro atoms. The summed E-state index contributed by atoms with van der Waals surface area (Å²) in [7, 11) is 0. The molecule has 170 valence electrons. The van der Waals surface area contributed by atoms with E-state index in [1.54, 1.807) is 12.1 Å². The molecule has 2 N–H and O–H groups in total. The Balaban J connectivity index is 1.70. The average molecular weight is 446 g/mol. The van der Waals surface area contributed by atoms with Crippen molar-refractivity contribution in [2.45, 2.75) is 44.6 Å². The molecule has 0 aliphatic carbocycles. The van der Waals surface area contributed by atoms with Crippen molar-refractivity contribution >= 4 is 0 Å². The summed E-state index contributed by atoms with van der Waals surface area (Å²) in [6, 6.07) is 14.8. The van der Waals surface area contributed by atoms with Gasteiger partial charge in [-0.3, -0.25) is 4.90 Å². The largest absolute Gasteiger partial charge is 0.494 e. The Morgan fingerprint density at radius 2 is 1.94 bits per heavy atom. The lowest BCUT2D eigenvalue weighted by atomic mass is 9.90. The molecule has 4 rings (SSSR count). The van der Waals surface area contributed by atoms with Crippen LogP contribution in [0.25, 0.3) is 5.69 Å². The fourth-order valence-electron chi connectivity index (χ4n) is 4.26. The van der Waals surface area contributed by atoms with E-state index in [2.05, 4.69) is 32.6 Å². The topological polar surface area (TPSA) is 82.1 Å². The van der Waals surface area contributed by atoms with E-state index in [1.165, 1.54) is 6.07 Å². The van der Waals surface area contributed by atoms with Gasteiger partial charge in [0.15, 0.2) is 0 Å². The van der Waals surface area contributed by atoms with Gasteiger partial charge in [-0.05, 0) is 60.5 Å². The first-order valence-electron chi connectivity index (χ1n) is 10.5. The molecule has 32 heavy (non-hydrogen) atoms. The SMILES string of the molecule is CCOc1ccc(-n2nnnc2C(F)(F)F)cc1CN1CCC[C@H](N)[C@@H]1c1ccccc1. The summed E-state index contributed by atoms with van der Waals surface area (Å²) >= 11 is 0. The minimum absolute atomic E-state index is 0.00172. The van der Waals surface area contributed by atoms with Crippen LogP contribution in [-0.4, -0.2) is 44.3 Å². The summed E-state index contributed by atoms with van der Waals surface area (Å²) in [6.45, 7) is 3.60. The number of nitrogens with two attached hydrogens (primary N) is 1. The van der Waals surface area contributed by atoms with Gasteiger partial charge in [-0.2, -0.15) is 17.9 Å². The molecule has 3 aromatic rings. The lowest BCUT2D eigenvalue weighted by Gasteiger charge is -2.40. The maximum absolute atomic E-state index is 13.3. The van der Waals surface area contributed by atoms with Crippen molar-refractivity contribution < 1.29 is 17.9 Å². The molecule has 2 heterocycles. The lowest BCUT2D eigenvalue weighted by Crippen LogP contribution is -2.45. The van der Waals surface area contributed by atoms with E-state index in [4.69, 9.17) is 10.5 Å². The van der Waals surface area contributed by atoms with Gasteiger partial charge in [0.1, 0.15) is 5.75 Å². The third-order valence-corrected chi connectivity index (χ3v) is 5.61. The zero-order valence-electron chi connectivity index (χ0n) is 17.7. The molecule has 0 unspecified atom stereocenters. The summed E-state index contributed by atoms with van der Waals surface area (Å²) in [5.41, 5.74) is 8.59. The Morgan fingerprint density at radius 3 is 2.66 bits per heavy atom. The molecule has 2 aromatic carbocycles. The summed E-state index contributed by atoms with van der Waals surface area (Å²) in [4.78, 5) is 2.26. The van der Waals surface area contributed by atoms with Crippen molar-refractivity contribution in [1.82, 2.24) is 25.1 Å². The van der Waals surface area contributed by atoms with Crippen molar-refractivity contribution in [3.63, 3.8) is 0 Å². The maximum atomic E-state index is 13.3. The third-order valence-electron chi connectivity index (χ3n) is 5.61. The van der Waals surface area contributed by atoms with Crippen LogP contribution >= 0.6 is 0 Å². The standard InChI is InChI=1S/C22H25F3N6O/c1-2-32-19-11-10-17(31-21(22(23,24)25)27-28-29-31)13-16(19)14-30-12-6-9-18(26)20(30)15-7-4-3-5-8-15/h3-5,7-8,10-11,13,18,20H,2,6,9,12,14,26H2,1H3/t18-,20-/m0/s1. The predicted molar refractivity (Wildman–Crippen MR) is 112 cm³/mol. The van der Waals surface area contributed by atoms with Crippen molar-refractivity contribution in [3.8, 4) is 11.4 Å². The van der Waals surface area contributed by atoms with E-state index in [0.29, 0.717) is 23.6 Å². The monoisotopic (exact) mass is 446 g/mol. The molecule has 0 amide bonds. The summed E-state index contributed by atoms with van der Waals surface area (Å²) in [5.74, 6) is -0.557. The molecule has 2 atom stereocenters. The minimum Gasteiger partial charge on any atom is -0.494 e. The molecule has 1 aromatic heterocycles. The first kappa shape index (κ1) is 22.2. The molecule has 1 aliphatic rings. The average Bonchev–Trinajstić information content (AvgIpc) is 3.27. The first-order valence-corrected chi connectivity index (χ1v) is 10.5. The maximum Gasteiger partial charge on any atom is 0.453 e. The Kier molecular flexibility index (Phi) is 6.43. The third kappa shape index (κ3) is 4.61. The second-order valence-corrected chi connectivity index (χ2v) is 7.77. The predicted octanol–water partition coefficient (Wildman–Crippen LogP) is 3.74. The van der Waals surface area contributed by atoms with Crippen LogP contribution in [0.3, 0.4) is 0 Å². The molecule has 0 bridgehead atoms. The molecule has 0 radical (unpaired) electrons. The fourth-order valence-corrected chi connectivity index (χ4v) is 4.26. The molecule has 7 nitrogen and oxygen atoms in total. The van der Waals surface area contributed by atoms with Crippen LogP contribution in [0.5, 0.6) is 5.75 Å². The fraction of sp³-hybridized carbons (Fsp3) is 0.409. The zero-order valence-corrected chi connectivity index (χ0v) is 17.7. The number of rotatable bonds is 6. The molecule has 1 saturated heterocycles. The zero-order chi connectivity index (χ0) is 22.7. The second kappa shape index (κ2) is 9.25. The van der Waals surface area contributed by atoms with Crippen molar-refractivity contribution in [1.29, 1.82) is 0 Å². The van der Waals surface area contributed by atoms with Crippen LogP contribution in [0, 0.1) is 0 Å². The van der Waals surface area contributed by atoms with E-state index in [1.807, 2.05) is 25.1 Å². The summed E-state index contributed by atoms with van der Waals surface area (Å²) in [5, 5.41) is 9.92. The van der Waals surface area contributed by atoms with Gasteiger partial charge in [0.25, 0.3) is 5.82 Å². The minimum atomic E-state index is -4.67. The van der Waals surface area contributed by atoms with Crippen molar-refractivity contribution in [2.24, 2.45) is 5.73 Å². The van der Waals surface area contributed by atoms with Crippen molar-refractivity contribution in [3.05, 3.63) is 65.5 Å². The molecule has 10 heteroatoms. The van der Waals surface area contributed by atoms with Crippen LogP contribution in [0.2, 0.25) is 0 Å². The van der Waals surface area contributed by atoms with E-state index in [0.717, 1.165) is 30.5 Å². The van der Waals surface area contributed by atoms with Gasteiger partial charge in [-0.25, -0.2) is 0 Å². The van der Waals surface area contributed by atoms with Gasteiger partial charge in [-0.15, -0.1) is 5.10 Å². The first-order chi connectivity index (χ1) is 15.4. The van der Waals surface area contributed by atoms with Crippen LogP contribution in [-0.2, 0) is 12.7 Å². The van der Waals surface area contributed by atoms with Gasteiger partial charge in [0.2, 0.25) is 0 Å². The molecular formula is C22H25F3N6O. The highest BCUT2D eigenvalue weighted by Crippen LogP contribution is 2.34. The Hall–Kier alpha value is -2.98. The van der Waals surface area contributed by atoms with E-state index in [-0.39, 0.29) is 17.8 Å². The van der Waals surface area contributed by atoms with Gasteiger partial charge in [-0.1, -0.05) is 30.3 Å². The van der Waals surface area contributed by atoms with Crippen LogP contribution in [0.1, 0.15) is 42.8 Å².